The van der Waals surface area contributed by atoms with Gasteiger partial charge >= 0.3 is 6.03 Å². The zero-order chi connectivity index (χ0) is 20.1. The van der Waals surface area contributed by atoms with Gasteiger partial charge in [0.15, 0.2) is 0 Å². The van der Waals surface area contributed by atoms with Gasteiger partial charge in [-0.2, -0.15) is 0 Å². The Balaban J connectivity index is 1.30. The Kier molecular flexibility index (Phi) is 5.59. The van der Waals surface area contributed by atoms with E-state index in [9.17, 15) is 9.90 Å². The zero-order valence-electron chi connectivity index (χ0n) is 15.8. The lowest BCUT2D eigenvalue weighted by atomic mass is 10.0. The molecule has 2 amide bonds. The molecule has 0 aliphatic heterocycles. The van der Waals surface area contributed by atoms with Gasteiger partial charge in [0.1, 0.15) is 5.76 Å². The highest BCUT2D eigenvalue weighted by Gasteiger charge is 2.11. The summed E-state index contributed by atoms with van der Waals surface area (Å²) in [6.07, 6.45) is 0.836. The Labute approximate surface area is 169 Å². The SMILES string of the molecule is O=C(NCc1cccc2ccccc12)NCC(O)c1ccc(-c2ccco2)cc1. The van der Waals surface area contributed by atoms with Crippen molar-refractivity contribution in [2.75, 3.05) is 6.54 Å². The van der Waals surface area contributed by atoms with Crippen LogP contribution in [0.15, 0.2) is 89.5 Å². The van der Waals surface area contributed by atoms with Crippen molar-refractivity contribution >= 4 is 16.8 Å². The summed E-state index contributed by atoms with van der Waals surface area (Å²) in [7, 11) is 0. The van der Waals surface area contributed by atoms with Crippen LogP contribution in [0.25, 0.3) is 22.1 Å². The normalized spacial score (nSPS) is 11.9. The molecule has 0 saturated carbocycles. The molecule has 1 unspecified atom stereocenters. The summed E-state index contributed by atoms with van der Waals surface area (Å²) in [5.74, 6) is 0.775. The molecule has 1 aromatic heterocycles. The summed E-state index contributed by atoms with van der Waals surface area (Å²) < 4.78 is 5.36. The Hall–Kier alpha value is -3.57. The van der Waals surface area contributed by atoms with Crippen molar-refractivity contribution in [2.45, 2.75) is 12.6 Å². The number of benzene rings is 3. The van der Waals surface area contributed by atoms with Gasteiger partial charge in [-0.15, -0.1) is 0 Å². The standard InChI is InChI=1S/C24H22N2O3/c27-22(18-10-12-19(13-11-18)23-9-4-14-29-23)16-26-24(28)25-15-20-7-3-6-17-5-1-2-8-21(17)20/h1-14,22,27H,15-16H2,(H2,25,26,28). The number of aliphatic hydroxyl groups is 1. The van der Waals surface area contributed by atoms with Crippen LogP contribution in [0, 0.1) is 0 Å². The molecule has 5 nitrogen and oxygen atoms in total. The van der Waals surface area contributed by atoms with Gasteiger partial charge in [-0.05, 0) is 34.0 Å². The van der Waals surface area contributed by atoms with Crippen LogP contribution in [0.5, 0.6) is 0 Å². The molecule has 0 bridgehead atoms. The molecular formula is C24H22N2O3. The molecule has 0 radical (unpaired) electrons. The van der Waals surface area contributed by atoms with Crippen molar-refractivity contribution in [2.24, 2.45) is 0 Å². The number of nitrogens with one attached hydrogen (secondary N) is 2. The van der Waals surface area contributed by atoms with Crippen LogP contribution in [0.4, 0.5) is 4.79 Å². The van der Waals surface area contributed by atoms with Gasteiger partial charge in [-0.1, -0.05) is 66.7 Å². The third-order valence-electron chi connectivity index (χ3n) is 4.88. The van der Waals surface area contributed by atoms with Gasteiger partial charge in [0.25, 0.3) is 0 Å². The zero-order valence-corrected chi connectivity index (χ0v) is 15.8. The fraction of sp³-hybridized carbons (Fsp3) is 0.125. The van der Waals surface area contributed by atoms with E-state index in [4.69, 9.17) is 4.42 Å². The van der Waals surface area contributed by atoms with Crippen molar-refractivity contribution in [1.29, 1.82) is 0 Å². The molecule has 4 aromatic rings. The van der Waals surface area contributed by atoms with Gasteiger partial charge in [0, 0.05) is 18.7 Å². The fourth-order valence-corrected chi connectivity index (χ4v) is 3.30. The minimum absolute atomic E-state index is 0.126. The molecular weight excluding hydrogens is 364 g/mol. The van der Waals surface area contributed by atoms with Crippen LogP contribution in [-0.4, -0.2) is 17.7 Å². The van der Waals surface area contributed by atoms with Crippen LogP contribution in [0.3, 0.4) is 0 Å². The lowest BCUT2D eigenvalue weighted by molar-refractivity contribution is 0.173. The van der Waals surface area contributed by atoms with Crippen LogP contribution in [-0.2, 0) is 6.54 Å². The van der Waals surface area contributed by atoms with E-state index in [-0.39, 0.29) is 12.6 Å². The average Bonchev–Trinajstić information content (AvgIpc) is 3.31. The molecule has 4 rings (SSSR count). The number of amides is 2. The number of hydrogen-bond acceptors (Lipinski definition) is 3. The maximum Gasteiger partial charge on any atom is 0.315 e. The molecule has 0 aliphatic rings. The van der Waals surface area contributed by atoms with Crippen molar-refractivity contribution in [3.05, 3.63) is 96.3 Å². The number of urea groups is 1. The summed E-state index contributed by atoms with van der Waals surface area (Å²) >= 11 is 0. The Morgan fingerprint density at radius 3 is 2.48 bits per heavy atom. The number of carbonyl (C=O) groups excluding carboxylic acids is 1. The van der Waals surface area contributed by atoms with Crippen LogP contribution in [0.2, 0.25) is 0 Å². The van der Waals surface area contributed by atoms with Crippen LogP contribution in [0.1, 0.15) is 17.2 Å². The second kappa shape index (κ2) is 8.63. The number of furan rings is 1. The number of hydrogen-bond donors (Lipinski definition) is 3. The maximum atomic E-state index is 12.2. The molecule has 0 spiro atoms. The van der Waals surface area contributed by atoms with Gasteiger partial charge < -0.3 is 20.2 Å². The highest BCUT2D eigenvalue weighted by atomic mass is 16.3. The largest absolute Gasteiger partial charge is 0.464 e. The quantitative estimate of drug-likeness (QED) is 0.452. The van der Waals surface area contributed by atoms with Crippen molar-refractivity contribution < 1.29 is 14.3 Å². The van der Waals surface area contributed by atoms with E-state index >= 15 is 0 Å². The second-order valence-corrected chi connectivity index (χ2v) is 6.82. The monoisotopic (exact) mass is 386 g/mol. The molecule has 5 heteroatoms. The Bertz CT molecular complexity index is 1080. The molecule has 3 N–H and O–H groups in total. The Morgan fingerprint density at radius 1 is 0.897 bits per heavy atom. The van der Waals surface area contributed by atoms with Gasteiger partial charge in [0.05, 0.1) is 12.4 Å². The first-order valence-corrected chi connectivity index (χ1v) is 9.51. The van der Waals surface area contributed by atoms with E-state index in [1.54, 1.807) is 6.26 Å². The topological polar surface area (TPSA) is 74.5 Å². The molecule has 3 aromatic carbocycles. The Morgan fingerprint density at radius 2 is 1.69 bits per heavy atom. The van der Waals surface area contributed by atoms with E-state index < -0.39 is 6.10 Å². The molecule has 1 heterocycles. The third kappa shape index (κ3) is 4.47. The van der Waals surface area contributed by atoms with E-state index in [2.05, 4.69) is 10.6 Å². The minimum Gasteiger partial charge on any atom is -0.464 e. The number of rotatable bonds is 6. The van der Waals surface area contributed by atoms with Gasteiger partial charge in [-0.3, -0.25) is 0 Å². The van der Waals surface area contributed by atoms with Crippen molar-refractivity contribution in [3.63, 3.8) is 0 Å². The van der Waals surface area contributed by atoms with Gasteiger partial charge in [-0.25, -0.2) is 4.79 Å². The first-order chi connectivity index (χ1) is 14.2. The lowest BCUT2D eigenvalue weighted by Crippen LogP contribution is -2.37. The predicted octanol–water partition coefficient (Wildman–Crippen LogP) is 4.63. The summed E-state index contributed by atoms with van der Waals surface area (Å²) in [5.41, 5.74) is 2.72. The summed E-state index contributed by atoms with van der Waals surface area (Å²) in [4.78, 5) is 12.2. The smallest absolute Gasteiger partial charge is 0.315 e. The summed E-state index contributed by atoms with van der Waals surface area (Å²) in [6.45, 7) is 0.544. The minimum atomic E-state index is -0.788. The first kappa shape index (κ1) is 18.8. The van der Waals surface area contributed by atoms with Crippen molar-refractivity contribution in [3.8, 4) is 11.3 Å². The third-order valence-corrected chi connectivity index (χ3v) is 4.88. The first-order valence-electron chi connectivity index (χ1n) is 9.51. The van der Waals surface area contributed by atoms with E-state index in [0.29, 0.717) is 6.54 Å². The maximum absolute atomic E-state index is 12.2. The van der Waals surface area contributed by atoms with Gasteiger partial charge in [0.2, 0.25) is 0 Å². The highest BCUT2D eigenvalue weighted by molar-refractivity contribution is 5.86. The lowest BCUT2D eigenvalue weighted by Gasteiger charge is -2.14. The summed E-state index contributed by atoms with van der Waals surface area (Å²) in [6, 6.07) is 24.9. The number of carbonyl (C=O) groups is 1. The van der Waals surface area contributed by atoms with Crippen LogP contribution < -0.4 is 10.6 Å². The highest BCUT2D eigenvalue weighted by Crippen LogP contribution is 2.22. The molecule has 0 saturated heterocycles. The number of aliphatic hydroxyl groups excluding tert-OH is 1. The average molecular weight is 386 g/mol. The summed E-state index contributed by atoms with van der Waals surface area (Å²) in [5, 5.41) is 18.2. The predicted molar refractivity (Wildman–Crippen MR) is 113 cm³/mol. The fourth-order valence-electron chi connectivity index (χ4n) is 3.30. The van der Waals surface area contributed by atoms with Crippen LogP contribution >= 0.6 is 0 Å². The molecule has 29 heavy (non-hydrogen) atoms. The number of fused-ring (bicyclic) bond motifs is 1. The van der Waals surface area contributed by atoms with Crippen molar-refractivity contribution in [1.82, 2.24) is 10.6 Å². The molecule has 146 valence electrons. The second-order valence-electron chi connectivity index (χ2n) is 6.82. The molecule has 0 fully saturated rings. The van der Waals surface area contributed by atoms with E-state index in [1.807, 2.05) is 78.9 Å². The van der Waals surface area contributed by atoms with E-state index in [1.165, 1.54) is 0 Å². The molecule has 1 atom stereocenters. The molecule has 0 aliphatic carbocycles. The van der Waals surface area contributed by atoms with E-state index in [0.717, 1.165) is 33.2 Å².